The molecule has 3 amide bonds. The van der Waals surface area contributed by atoms with Crippen LogP contribution in [0.2, 0.25) is 0 Å². The number of rotatable bonds is 10. The average Bonchev–Trinajstić information content (AvgIpc) is 2.67. The van der Waals surface area contributed by atoms with Gasteiger partial charge < -0.3 is 20.7 Å². The molecule has 1 aliphatic rings. The highest BCUT2D eigenvalue weighted by atomic mass is 19.3. The molecule has 28 heavy (non-hydrogen) atoms. The van der Waals surface area contributed by atoms with Gasteiger partial charge in [-0.2, -0.15) is 8.78 Å². The third-order valence-corrected chi connectivity index (χ3v) is 4.69. The number of halogens is 2. The maximum atomic E-state index is 12.1. The fourth-order valence-corrected chi connectivity index (χ4v) is 3.21. The first-order valence-electron chi connectivity index (χ1n) is 9.88. The van der Waals surface area contributed by atoms with Crippen LogP contribution in [0.1, 0.15) is 50.5 Å². The van der Waals surface area contributed by atoms with E-state index in [0.29, 0.717) is 32.4 Å². The molecule has 8 heteroatoms. The number of urea groups is 1. The van der Waals surface area contributed by atoms with Crippen LogP contribution in [0.25, 0.3) is 0 Å². The predicted molar refractivity (Wildman–Crippen MR) is 102 cm³/mol. The van der Waals surface area contributed by atoms with Crippen molar-refractivity contribution in [2.24, 2.45) is 0 Å². The van der Waals surface area contributed by atoms with Crippen molar-refractivity contribution >= 4 is 11.9 Å². The topological polar surface area (TPSA) is 79.5 Å². The maximum Gasteiger partial charge on any atom is 0.387 e. The normalized spacial score (nSPS) is 14.5. The van der Waals surface area contributed by atoms with E-state index in [4.69, 9.17) is 0 Å². The summed E-state index contributed by atoms with van der Waals surface area (Å²) in [6.07, 6.45) is 7.16. The van der Waals surface area contributed by atoms with E-state index in [1.165, 1.54) is 31.4 Å². The molecule has 2 rings (SSSR count). The van der Waals surface area contributed by atoms with Gasteiger partial charge in [0.05, 0.1) is 0 Å². The van der Waals surface area contributed by atoms with E-state index in [2.05, 4.69) is 20.7 Å². The Labute approximate surface area is 164 Å². The Morgan fingerprint density at radius 3 is 2.43 bits per heavy atom. The highest BCUT2D eigenvalue weighted by Crippen LogP contribution is 2.17. The fourth-order valence-electron chi connectivity index (χ4n) is 3.21. The molecule has 1 fully saturated rings. The van der Waals surface area contributed by atoms with Crippen LogP contribution in [-0.4, -0.2) is 37.7 Å². The van der Waals surface area contributed by atoms with Crippen LogP contribution in [0.5, 0.6) is 5.75 Å². The van der Waals surface area contributed by atoms with E-state index in [9.17, 15) is 18.4 Å². The van der Waals surface area contributed by atoms with Gasteiger partial charge in [-0.15, -0.1) is 0 Å². The molecule has 1 aliphatic carbocycles. The monoisotopic (exact) mass is 397 g/mol. The molecule has 1 aromatic carbocycles. The summed E-state index contributed by atoms with van der Waals surface area (Å²) in [7, 11) is 0. The van der Waals surface area contributed by atoms with E-state index < -0.39 is 6.61 Å². The SMILES string of the molecule is O=C(CCCNC(=O)NC1CCCCC1)NCCc1ccc(OC(F)F)cc1. The summed E-state index contributed by atoms with van der Waals surface area (Å²) in [6, 6.07) is 6.46. The molecular formula is C20H29F2N3O3. The van der Waals surface area contributed by atoms with E-state index in [0.717, 1.165) is 18.4 Å². The number of hydrogen-bond acceptors (Lipinski definition) is 3. The summed E-state index contributed by atoms with van der Waals surface area (Å²) in [5, 5.41) is 8.58. The van der Waals surface area contributed by atoms with Gasteiger partial charge in [0.1, 0.15) is 5.75 Å². The first-order valence-corrected chi connectivity index (χ1v) is 9.88. The lowest BCUT2D eigenvalue weighted by Gasteiger charge is -2.22. The highest BCUT2D eigenvalue weighted by molar-refractivity contribution is 5.76. The minimum absolute atomic E-state index is 0.0767. The largest absolute Gasteiger partial charge is 0.435 e. The van der Waals surface area contributed by atoms with Crippen LogP contribution in [0.4, 0.5) is 13.6 Å². The van der Waals surface area contributed by atoms with Crippen molar-refractivity contribution in [1.82, 2.24) is 16.0 Å². The molecule has 0 bridgehead atoms. The summed E-state index contributed by atoms with van der Waals surface area (Å²) in [4.78, 5) is 23.6. The third-order valence-electron chi connectivity index (χ3n) is 4.69. The molecule has 0 spiro atoms. The van der Waals surface area contributed by atoms with E-state index >= 15 is 0 Å². The van der Waals surface area contributed by atoms with E-state index in [1.54, 1.807) is 12.1 Å². The molecule has 1 aromatic rings. The lowest BCUT2D eigenvalue weighted by molar-refractivity contribution is -0.121. The Kier molecular flexibility index (Phi) is 9.51. The Morgan fingerprint density at radius 1 is 1.04 bits per heavy atom. The second-order valence-corrected chi connectivity index (χ2v) is 6.96. The number of nitrogens with one attached hydrogen (secondary N) is 3. The average molecular weight is 397 g/mol. The van der Waals surface area contributed by atoms with Crippen molar-refractivity contribution in [3.05, 3.63) is 29.8 Å². The van der Waals surface area contributed by atoms with Gasteiger partial charge in [-0.1, -0.05) is 31.4 Å². The number of benzene rings is 1. The zero-order valence-electron chi connectivity index (χ0n) is 16.0. The van der Waals surface area contributed by atoms with Gasteiger partial charge in [-0.05, 0) is 43.4 Å². The van der Waals surface area contributed by atoms with E-state index in [1.807, 2.05) is 0 Å². The quantitative estimate of drug-likeness (QED) is 0.530. The van der Waals surface area contributed by atoms with Crippen molar-refractivity contribution in [1.29, 1.82) is 0 Å². The Balaban J connectivity index is 1.51. The van der Waals surface area contributed by atoms with Crippen molar-refractivity contribution in [3.63, 3.8) is 0 Å². The fraction of sp³-hybridized carbons (Fsp3) is 0.600. The van der Waals surface area contributed by atoms with Crippen LogP contribution < -0.4 is 20.7 Å². The van der Waals surface area contributed by atoms with Crippen LogP contribution in [-0.2, 0) is 11.2 Å². The van der Waals surface area contributed by atoms with Gasteiger partial charge >= 0.3 is 12.6 Å². The van der Waals surface area contributed by atoms with Crippen LogP contribution >= 0.6 is 0 Å². The van der Waals surface area contributed by atoms with Gasteiger partial charge in [0.25, 0.3) is 0 Å². The van der Waals surface area contributed by atoms with E-state index in [-0.39, 0.29) is 23.7 Å². The molecule has 1 saturated carbocycles. The molecule has 6 nitrogen and oxygen atoms in total. The maximum absolute atomic E-state index is 12.1. The molecule has 0 heterocycles. The summed E-state index contributed by atoms with van der Waals surface area (Å²) >= 11 is 0. The van der Waals surface area contributed by atoms with Crippen molar-refractivity contribution in [2.45, 2.75) is 64.0 Å². The van der Waals surface area contributed by atoms with Crippen LogP contribution in [0.3, 0.4) is 0 Å². The highest BCUT2D eigenvalue weighted by Gasteiger charge is 2.15. The Morgan fingerprint density at radius 2 is 1.75 bits per heavy atom. The molecule has 0 aromatic heterocycles. The lowest BCUT2D eigenvalue weighted by Crippen LogP contribution is -2.43. The second kappa shape index (κ2) is 12.2. The summed E-state index contributed by atoms with van der Waals surface area (Å²) < 4.78 is 28.5. The molecule has 0 unspecified atom stereocenters. The summed E-state index contributed by atoms with van der Waals surface area (Å²) in [6.45, 7) is -1.92. The summed E-state index contributed by atoms with van der Waals surface area (Å²) in [5.74, 6) is 0.0370. The van der Waals surface area contributed by atoms with Crippen molar-refractivity contribution in [3.8, 4) is 5.75 Å². The zero-order valence-corrected chi connectivity index (χ0v) is 16.0. The number of ether oxygens (including phenoxy) is 1. The second-order valence-electron chi connectivity index (χ2n) is 6.96. The lowest BCUT2D eigenvalue weighted by atomic mass is 9.96. The van der Waals surface area contributed by atoms with Crippen LogP contribution in [0.15, 0.2) is 24.3 Å². The summed E-state index contributed by atoms with van der Waals surface area (Å²) in [5.41, 5.74) is 0.919. The third kappa shape index (κ3) is 9.01. The Hall–Kier alpha value is -2.38. The molecule has 0 radical (unpaired) electrons. The Bertz CT molecular complexity index is 605. The van der Waals surface area contributed by atoms with Gasteiger partial charge in [-0.25, -0.2) is 4.79 Å². The smallest absolute Gasteiger partial charge is 0.387 e. The van der Waals surface area contributed by atoms with Gasteiger partial charge in [0.2, 0.25) is 5.91 Å². The molecule has 3 N–H and O–H groups in total. The number of amides is 3. The minimum Gasteiger partial charge on any atom is -0.435 e. The first kappa shape index (κ1) is 21.9. The number of hydrogen-bond donors (Lipinski definition) is 3. The first-order chi connectivity index (χ1) is 13.5. The van der Waals surface area contributed by atoms with Crippen molar-refractivity contribution in [2.75, 3.05) is 13.1 Å². The van der Waals surface area contributed by atoms with Crippen molar-refractivity contribution < 1.29 is 23.1 Å². The minimum atomic E-state index is -2.84. The molecule has 0 aliphatic heterocycles. The number of carbonyl (C=O) groups is 2. The number of alkyl halides is 2. The molecule has 156 valence electrons. The number of carbonyl (C=O) groups excluding carboxylic acids is 2. The molecule has 0 atom stereocenters. The standard InChI is InChI=1S/C20H29F2N3O3/c21-19(22)28-17-10-8-15(9-11-17)12-14-23-18(26)7-4-13-24-20(27)25-16-5-2-1-3-6-16/h8-11,16,19H,1-7,12-14H2,(H,23,26)(H2,24,25,27). The van der Waals surface area contributed by atoms with Gasteiger partial charge in [0, 0.05) is 25.6 Å². The zero-order chi connectivity index (χ0) is 20.2. The van der Waals surface area contributed by atoms with Gasteiger partial charge in [-0.3, -0.25) is 4.79 Å². The molecule has 0 saturated heterocycles. The molecular weight excluding hydrogens is 368 g/mol. The van der Waals surface area contributed by atoms with Gasteiger partial charge in [0.15, 0.2) is 0 Å². The van der Waals surface area contributed by atoms with Crippen LogP contribution in [0, 0.1) is 0 Å². The predicted octanol–water partition coefficient (Wildman–Crippen LogP) is 3.36.